The minimum atomic E-state index is 0. The van der Waals surface area contributed by atoms with E-state index in [4.69, 9.17) is 0 Å². The Bertz CT molecular complexity index is 977. The van der Waals surface area contributed by atoms with E-state index in [2.05, 4.69) is 62.1 Å². The van der Waals surface area contributed by atoms with Crippen molar-refractivity contribution < 1.29 is 54.8 Å². The third kappa shape index (κ3) is 3.52. The van der Waals surface area contributed by atoms with Gasteiger partial charge in [-0.2, -0.15) is 0 Å². The molecule has 4 nitrogen and oxygen atoms in total. The first kappa shape index (κ1) is 21.6. The Morgan fingerprint density at radius 1 is 0.885 bits per heavy atom. The van der Waals surface area contributed by atoms with Crippen LogP contribution in [0.25, 0.3) is 16.7 Å². The van der Waals surface area contributed by atoms with Crippen molar-refractivity contribution >= 4 is 11.0 Å². The van der Waals surface area contributed by atoms with Gasteiger partial charge in [0, 0.05) is 49.7 Å². The average Bonchev–Trinajstić information content (AvgIpc) is 3.11. The summed E-state index contributed by atoms with van der Waals surface area (Å²) in [5, 5.41) is 10.4. The van der Waals surface area contributed by atoms with E-state index in [0.29, 0.717) is 5.75 Å². The van der Waals surface area contributed by atoms with Crippen LogP contribution in [-0.4, -0.2) is 19.2 Å². The van der Waals surface area contributed by atoms with Gasteiger partial charge in [-0.15, -0.1) is 14.1 Å². The first-order valence-electron chi connectivity index (χ1n) is 8.52. The maximum absolute atomic E-state index is 10.4. The number of nitrogens with zero attached hydrogens (tertiary/aromatic N) is 3. The van der Waals surface area contributed by atoms with Crippen LogP contribution in [0.5, 0.6) is 5.75 Å². The second-order valence-corrected chi connectivity index (χ2v) is 8.68. The zero-order chi connectivity index (χ0) is 17.3. The molecule has 0 aliphatic carbocycles. The molecule has 1 radical (unpaired) electrons. The fourth-order valence-electron chi connectivity index (χ4n) is 4.03. The molecule has 135 valence electrons. The van der Waals surface area contributed by atoms with Gasteiger partial charge in [0.1, 0.15) is 22.5 Å². The van der Waals surface area contributed by atoms with E-state index in [1.54, 1.807) is 0 Å². The maximum atomic E-state index is 10.4. The van der Waals surface area contributed by atoms with Gasteiger partial charge in [0.15, 0.2) is 0 Å². The topological polar surface area (TPSA) is 34.0 Å². The molecule has 0 saturated heterocycles. The van der Waals surface area contributed by atoms with E-state index in [0.717, 1.165) is 12.1 Å². The molecule has 6 heteroatoms. The molecular weight excluding hydrogens is 587 g/mol. The molecule has 4 aromatic rings. The average molecular weight is 612 g/mol. The van der Waals surface area contributed by atoms with Crippen LogP contribution in [0.4, 0.5) is 0 Å². The van der Waals surface area contributed by atoms with Crippen LogP contribution in [-0.2, 0) is 24.0 Å². The quantitative estimate of drug-likeness (QED) is 0.354. The van der Waals surface area contributed by atoms with Crippen molar-refractivity contribution in [3.63, 3.8) is 0 Å². The van der Waals surface area contributed by atoms with E-state index in [1.807, 2.05) is 29.1 Å². The smallest absolute Gasteiger partial charge is 0.143 e. The minimum absolute atomic E-state index is 0. The Morgan fingerprint density at radius 2 is 1.42 bits per heavy atom. The predicted molar refractivity (Wildman–Crippen MR) is 97.6 cm³/mol. The van der Waals surface area contributed by atoms with Crippen molar-refractivity contribution in [3.05, 3.63) is 48.0 Å². The van der Waals surface area contributed by atoms with Gasteiger partial charge in [-0.1, -0.05) is 52.8 Å². The second kappa shape index (κ2) is 7.02. The van der Waals surface area contributed by atoms with Crippen LogP contribution in [0, 0.1) is 36.5 Å². The molecule has 0 spiro atoms. The van der Waals surface area contributed by atoms with Crippen LogP contribution >= 0.6 is 0 Å². The van der Waals surface area contributed by atoms with E-state index < -0.39 is 0 Å². The summed E-state index contributed by atoms with van der Waals surface area (Å²) in [5.74, 6) is 0.311. The fraction of sp³-hybridized carbons (Fsp3) is 0.400. The standard InChI is InChI=1S/C20H25N3O.U.V/c1-19(2,3)13-20(4,5)14-10-11-18(24)17(12-14)23-21-15-8-6-7-9-16(15)22(21)23;;/h6-12,24H,13H2,1-5H3;;. The number of hydrogen-bond acceptors (Lipinski definition) is 1. The number of rotatable bonds is 3. The number of hydrogen-bond donors (Lipinski definition) is 1. The van der Waals surface area contributed by atoms with Gasteiger partial charge < -0.3 is 5.11 Å². The summed E-state index contributed by atoms with van der Waals surface area (Å²) in [6.07, 6.45) is 1.08. The summed E-state index contributed by atoms with van der Waals surface area (Å²) in [7, 11) is 0. The Kier molecular flexibility index (Phi) is 5.83. The normalized spacial score (nSPS) is 12.5. The van der Waals surface area contributed by atoms with Gasteiger partial charge >= 0.3 is 0 Å². The first-order chi connectivity index (χ1) is 11.2. The van der Waals surface area contributed by atoms with Crippen molar-refractivity contribution in [3.8, 4) is 11.4 Å². The molecule has 2 aromatic carbocycles. The Hall–Kier alpha value is -0.724. The Morgan fingerprint density at radius 3 is 1.92 bits per heavy atom. The van der Waals surface area contributed by atoms with Gasteiger partial charge in [-0.3, -0.25) is 0 Å². The molecule has 0 aliphatic rings. The zero-order valence-electron chi connectivity index (χ0n) is 16.0. The second-order valence-electron chi connectivity index (χ2n) is 8.68. The molecule has 0 fully saturated rings. The summed E-state index contributed by atoms with van der Waals surface area (Å²) in [4.78, 5) is 2.02. The summed E-state index contributed by atoms with van der Waals surface area (Å²) in [6, 6.07) is 14.3. The van der Waals surface area contributed by atoms with Gasteiger partial charge in [0.05, 0.1) is 0 Å². The van der Waals surface area contributed by atoms with E-state index in [1.165, 1.54) is 16.6 Å². The molecule has 0 aliphatic heterocycles. The minimum Gasteiger partial charge on any atom is -0.506 e. The third-order valence-corrected chi connectivity index (χ3v) is 4.77. The number of aromatic hydroxyl groups is 1. The Balaban J connectivity index is 0.00000121. The van der Waals surface area contributed by atoms with Crippen molar-refractivity contribution in [2.45, 2.75) is 46.5 Å². The summed E-state index contributed by atoms with van der Waals surface area (Å²) < 4.78 is 4.15. The summed E-state index contributed by atoms with van der Waals surface area (Å²) >= 11 is 0. The zero-order valence-corrected chi connectivity index (χ0v) is 21.5. The SMILES string of the molecule is CC(C)(C)CC(C)(C)c1ccc(O)c(-n2n3c4ccccc4n23)c1.[U].[V]. The molecule has 0 amide bonds. The number of phenols is 1. The molecule has 1 N–H and O–H groups in total. The van der Waals surface area contributed by atoms with Crippen molar-refractivity contribution in [2.75, 3.05) is 0 Å². The maximum Gasteiger partial charge on any atom is 0.143 e. The fourth-order valence-corrected chi connectivity index (χ4v) is 4.03. The molecule has 0 unspecified atom stereocenters. The Labute approximate surface area is 190 Å². The predicted octanol–water partition coefficient (Wildman–Crippen LogP) is 4.84. The summed E-state index contributed by atoms with van der Waals surface area (Å²) in [6.45, 7) is 11.4. The van der Waals surface area contributed by atoms with Crippen LogP contribution < -0.4 is 0 Å². The first-order valence-corrected chi connectivity index (χ1v) is 8.52. The molecule has 26 heavy (non-hydrogen) atoms. The van der Waals surface area contributed by atoms with Crippen LogP contribution in [0.15, 0.2) is 42.5 Å². The van der Waals surface area contributed by atoms with Crippen LogP contribution in [0.2, 0.25) is 0 Å². The molecule has 0 atom stereocenters. The third-order valence-electron chi connectivity index (χ3n) is 4.77. The number of para-hydroxylation sites is 2. The van der Waals surface area contributed by atoms with Gasteiger partial charge in [-0.25, -0.2) is 0 Å². The van der Waals surface area contributed by atoms with Gasteiger partial charge in [-0.05, 0) is 47.1 Å². The number of fused-ring (bicyclic) bond motifs is 4. The van der Waals surface area contributed by atoms with E-state index >= 15 is 0 Å². The monoisotopic (exact) mass is 612 g/mol. The molecule has 0 bridgehead atoms. The van der Waals surface area contributed by atoms with Crippen molar-refractivity contribution in [1.29, 1.82) is 0 Å². The van der Waals surface area contributed by atoms with Gasteiger partial charge in [0.25, 0.3) is 0 Å². The number of phenolic OH excluding ortho intramolecular Hbond substituents is 1. The molecule has 2 aromatic heterocycles. The van der Waals surface area contributed by atoms with Crippen molar-refractivity contribution in [2.24, 2.45) is 5.41 Å². The molecule has 0 saturated carbocycles. The van der Waals surface area contributed by atoms with Crippen LogP contribution in [0.1, 0.15) is 46.6 Å². The number of benzene rings is 2. The molecular formula is C20H25N3OUV. The molecule has 2 heterocycles. The van der Waals surface area contributed by atoms with Gasteiger partial charge in [0.2, 0.25) is 0 Å². The van der Waals surface area contributed by atoms with Crippen molar-refractivity contribution in [1.82, 2.24) is 14.1 Å². The number of aromatic nitrogens is 3. The van der Waals surface area contributed by atoms with Crippen LogP contribution in [0.3, 0.4) is 0 Å². The van der Waals surface area contributed by atoms with E-state index in [-0.39, 0.29) is 60.5 Å². The van der Waals surface area contributed by atoms with E-state index in [9.17, 15) is 5.11 Å². The largest absolute Gasteiger partial charge is 0.506 e. The summed E-state index contributed by atoms with van der Waals surface area (Å²) in [5.41, 5.74) is 4.75. The molecule has 4 rings (SSSR count).